The number of rotatable bonds is 5. The first-order valence-electron chi connectivity index (χ1n) is 8.17. The van der Waals surface area contributed by atoms with Crippen LogP contribution < -0.4 is 10.5 Å². The van der Waals surface area contributed by atoms with Crippen LogP contribution in [0.5, 0.6) is 5.75 Å². The third-order valence-electron chi connectivity index (χ3n) is 4.04. The summed E-state index contributed by atoms with van der Waals surface area (Å²) in [7, 11) is 0. The number of nitrogens with two attached hydrogens (primary N) is 1. The number of nitrogens with zero attached hydrogens (tertiary/aromatic N) is 3. The second-order valence-corrected chi connectivity index (χ2v) is 6.02. The highest BCUT2D eigenvalue weighted by Crippen LogP contribution is 2.29. The molecule has 0 fully saturated rings. The van der Waals surface area contributed by atoms with Crippen molar-refractivity contribution in [2.45, 2.75) is 25.9 Å². The van der Waals surface area contributed by atoms with E-state index in [4.69, 9.17) is 10.5 Å². The van der Waals surface area contributed by atoms with Crippen molar-refractivity contribution in [3.8, 4) is 5.75 Å². The summed E-state index contributed by atoms with van der Waals surface area (Å²) in [5.41, 5.74) is 5.93. The number of alkyl halides is 3. The van der Waals surface area contributed by atoms with Crippen LogP contribution in [0.1, 0.15) is 34.1 Å². The highest BCUT2D eigenvalue weighted by Gasteiger charge is 2.30. The number of carbonyl (C=O) groups is 2. The first-order chi connectivity index (χ1) is 13.2. The SMILES string of the molecule is CC(=O)Oc1cc(CCc2ccc(C(F)(F)F)cc2)n2ncnc2c1C(N)=O. The number of aryl methyl sites for hydroxylation is 2. The molecule has 2 heterocycles. The average molecular weight is 392 g/mol. The van der Waals surface area contributed by atoms with E-state index in [2.05, 4.69) is 10.1 Å². The van der Waals surface area contributed by atoms with E-state index in [1.807, 2.05) is 0 Å². The first kappa shape index (κ1) is 19.3. The molecule has 0 spiro atoms. The van der Waals surface area contributed by atoms with Crippen LogP contribution in [-0.4, -0.2) is 26.5 Å². The maximum Gasteiger partial charge on any atom is 0.416 e. The van der Waals surface area contributed by atoms with Gasteiger partial charge in [-0.25, -0.2) is 9.50 Å². The highest BCUT2D eigenvalue weighted by molar-refractivity contribution is 6.02. The number of benzene rings is 1. The van der Waals surface area contributed by atoms with Gasteiger partial charge in [-0.15, -0.1) is 0 Å². The molecule has 0 aliphatic carbocycles. The van der Waals surface area contributed by atoms with Gasteiger partial charge in [0.15, 0.2) is 5.65 Å². The largest absolute Gasteiger partial charge is 0.426 e. The highest BCUT2D eigenvalue weighted by atomic mass is 19.4. The van der Waals surface area contributed by atoms with Crippen molar-refractivity contribution in [1.29, 1.82) is 0 Å². The molecule has 1 aromatic carbocycles. The molecule has 7 nitrogen and oxygen atoms in total. The molecule has 10 heteroatoms. The van der Waals surface area contributed by atoms with Crippen LogP contribution in [0.2, 0.25) is 0 Å². The standard InChI is InChI=1S/C18H15F3N4O3/c1-10(26)28-14-8-13(25-17(23-9-24-25)15(14)16(22)27)7-4-11-2-5-12(6-3-11)18(19,20)21/h2-3,5-6,8-9H,4,7H2,1H3,(H2,22,27). The monoisotopic (exact) mass is 392 g/mol. The van der Waals surface area contributed by atoms with E-state index in [0.717, 1.165) is 12.1 Å². The molecule has 0 aliphatic rings. The van der Waals surface area contributed by atoms with Crippen LogP contribution in [0.3, 0.4) is 0 Å². The van der Waals surface area contributed by atoms with Gasteiger partial charge in [-0.3, -0.25) is 9.59 Å². The number of ether oxygens (including phenoxy) is 1. The number of pyridine rings is 1. The van der Waals surface area contributed by atoms with Crippen molar-refractivity contribution >= 4 is 17.5 Å². The number of fused-ring (bicyclic) bond motifs is 1. The minimum absolute atomic E-state index is 0.0390. The summed E-state index contributed by atoms with van der Waals surface area (Å²) in [6.07, 6.45) is -2.43. The zero-order chi connectivity index (χ0) is 20.5. The molecule has 0 atom stereocenters. The van der Waals surface area contributed by atoms with Gasteiger partial charge in [0.05, 0.1) is 5.56 Å². The van der Waals surface area contributed by atoms with Crippen molar-refractivity contribution in [2.75, 3.05) is 0 Å². The normalized spacial score (nSPS) is 11.6. The Balaban J connectivity index is 1.93. The van der Waals surface area contributed by atoms with Crippen LogP contribution in [0.4, 0.5) is 13.2 Å². The van der Waals surface area contributed by atoms with Gasteiger partial charge in [-0.2, -0.15) is 18.3 Å². The molecule has 2 N–H and O–H groups in total. The second kappa shape index (κ2) is 7.29. The third kappa shape index (κ3) is 3.95. The number of hydrogen-bond donors (Lipinski definition) is 1. The Kier molecular flexibility index (Phi) is 5.04. The quantitative estimate of drug-likeness (QED) is 0.673. The Morgan fingerprint density at radius 1 is 1.18 bits per heavy atom. The molecule has 3 rings (SSSR count). The van der Waals surface area contributed by atoms with E-state index in [-0.39, 0.29) is 17.0 Å². The van der Waals surface area contributed by atoms with Gasteiger partial charge < -0.3 is 10.5 Å². The average Bonchev–Trinajstić information content (AvgIpc) is 3.07. The van der Waals surface area contributed by atoms with Crippen molar-refractivity contribution in [3.05, 3.63) is 59.0 Å². The second-order valence-electron chi connectivity index (χ2n) is 6.02. The molecule has 0 radical (unpaired) electrons. The van der Waals surface area contributed by atoms with Gasteiger partial charge in [0.1, 0.15) is 17.6 Å². The lowest BCUT2D eigenvalue weighted by Crippen LogP contribution is -2.18. The summed E-state index contributed by atoms with van der Waals surface area (Å²) < 4.78 is 44.5. The molecule has 1 amide bonds. The van der Waals surface area contributed by atoms with Crippen LogP contribution >= 0.6 is 0 Å². The number of halogens is 3. The van der Waals surface area contributed by atoms with E-state index in [9.17, 15) is 22.8 Å². The van der Waals surface area contributed by atoms with Crippen molar-refractivity contribution in [1.82, 2.24) is 14.6 Å². The number of aromatic nitrogens is 3. The Bertz CT molecular complexity index is 1040. The lowest BCUT2D eigenvalue weighted by molar-refractivity contribution is -0.137. The molecule has 2 aromatic heterocycles. The maximum atomic E-state index is 12.7. The summed E-state index contributed by atoms with van der Waals surface area (Å²) in [6, 6.07) is 6.27. The van der Waals surface area contributed by atoms with Crippen LogP contribution in [0, 0.1) is 0 Å². The van der Waals surface area contributed by atoms with Crippen LogP contribution in [0.15, 0.2) is 36.7 Å². The Hall–Kier alpha value is -3.43. The Morgan fingerprint density at radius 2 is 1.86 bits per heavy atom. The molecule has 0 saturated carbocycles. The molecular formula is C18H15F3N4O3. The lowest BCUT2D eigenvalue weighted by atomic mass is 10.0. The van der Waals surface area contributed by atoms with Gasteiger partial charge in [-0.1, -0.05) is 12.1 Å². The number of carbonyl (C=O) groups excluding carboxylic acids is 2. The number of esters is 1. The van der Waals surface area contributed by atoms with Crippen LogP contribution in [-0.2, 0) is 23.8 Å². The summed E-state index contributed by atoms with van der Waals surface area (Å²) in [6.45, 7) is 1.18. The van der Waals surface area contributed by atoms with Gasteiger partial charge in [-0.05, 0) is 30.5 Å². The maximum absolute atomic E-state index is 12.7. The lowest BCUT2D eigenvalue weighted by Gasteiger charge is -2.12. The minimum atomic E-state index is -4.39. The zero-order valence-electron chi connectivity index (χ0n) is 14.7. The number of hydrogen-bond acceptors (Lipinski definition) is 5. The molecule has 0 bridgehead atoms. The molecule has 28 heavy (non-hydrogen) atoms. The summed E-state index contributed by atoms with van der Waals surface area (Å²) >= 11 is 0. The summed E-state index contributed by atoms with van der Waals surface area (Å²) in [5, 5.41) is 4.05. The third-order valence-corrected chi connectivity index (χ3v) is 4.04. The van der Waals surface area contributed by atoms with Gasteiger partial charge in [0, 0.05) is 18.7 Å². The molecule has 0 unspecified atom stereocenters. The number of primary amides is 1. The predicted molar refractivity (Wildman–Crippen MR) is 91.7 cm³/mol. The molecule has 0 aliphatic heterocycles. The van der Waals surface area contributed by atoms with E-state index in [1.165, 1.54) is 36.0 Å². The smallest absolute Gasteiger partial charge is 0.416 e. The fraction of sp³-hybridized carbons (Fsp3) is 0.222. The predicted octanol–water partition coefficient (Wildman–Crippen LogP) is 2.56. The van der Waals surface area contributed by atoms with Gasteiger partial charge >= 0.3 is 12.1 Å². The van der Waals surface area contributed by atoms with Crippen molar-refractivity contribution < 1.29 is 27.5 Å². The topological polar surface area (TPSA) is 99.6 Å². The fourth-order valence-corrected chi connectivity index (χ4v) is 2.79. The molecular weight excluding hydrogens is 377 g/mol. The Morgan fingerprint density at radius 3 is 2.43 bits per heavy atom. The van der Waals surface area contributed by atoms with Gasteiger partial charge in [0.25, 0.3) is 5.91 Å². The van der Waals surface area contributed by atoms with Crippen LogP contribution in [0.25, 0.3) is 5.65 Å². The van der Waals surface area contributed by atoms with Crippen molar-refractivity contribution in [2.24, 2.45) is 5.73 Å². The minimum Gasteiger partial charge on any atom is -0.426 e. The first-order valence-corrected chi connectivity index (χ1v) is 8.17. The van der Waals surface area contributed by atoms with E-state index >= 15 is 0 Å². The fourth-order valence-electron chi connectivity index (χ4n) is 2.79. The van der Waals surface area contributed by atoms with E-state index in [1.54, 1.807) is 0 Å². The van der Waals surface area contributed by atoms with Gasteiger partial charge in [0.2, 0.25) is 0 Å². The van der Waals surface area contributed by atoms with E-state index in [0.29, 0.717) is 24.1 Å². The van der Waals surface area contributed by atoms with Crippen molar-refractivity contribution in [3.63, 3.8) is 0 Å². The molecule has 146 valence electrons. The Labute approximate surface area is 156 Å². The summed E-state index contributed by atoms with van der Waals surface area (Å²) in [4.78, 5) is 27.1. The molecule has 0 saturated heterocycles. The number of amides is 1. The van der Waals surface area contributed by atoms with E-state index < -0.39 is 23.6 Å². The molecule has 3 aromatic rings. The zero-order valence-corrected chi connectivity index (χ0v) is 14.7. The summed E-state index contributed by atoms with van der Waals surface area (Å²) in [5.74, 6) is -1.51.